The maximum Gasteiger partial charge on any atom is 0.261 e. The Morgan fingerprint density at radius 3 is 2.56 bits per heavy atom. The molecule has 7 heteroatoms. The molecule has 0 unspecified atom stereocenters. The molecule has 0 saturated carbocycles. The van der Waals surface area contributed by atoms with Gasteiger partial charge in [-0.1, -0.05) is 0 Å². The molecule has 0 aliphatic rings. The zero-order valence-corrected chi connectivity index (χ0v) is 11.4. The van der Waals surface area contributed by atoms with Gasteiger partial charge in [-0.15, -0.1) is 0 Å². The summed E-state index contributed by atoms with van der Waals surface area (Å²) >= 11 is 0. The van der Waals surface area contributed by atoms with Gasteiger partial charge in [-0.2, -0.15) is 5.10 Å². The number of benzene rings is 1. The van der Waals surface area contributed by atoms with E-state index in [-0.39, 0.29) is 4.90 Å². The number of aryl methyl sites for hydroxylation is 1. The maximum atomic E-state index is 11.2. The van der Waals surface area contributed by atoms with Crippen molar-refractivity contribution in [2.45, 2.75) is 11.8 Å². The third kappa shape index (κ3) is 2.49. The Kier molecular flexibility index (Phi) is 3.32. The molecule has 0 saturated heterocycles. The monoisotopic (exact) mass is 286 g/mol. The Morgan fingerprint density at radius 1 is 1.33 bits per heavy atom. The van der Waals surface area contributed by atoms with Gasteiger partial charge in [-0.25, -0.2) is 13.1 Å². The van der Waals surface area contributed by atoms with E-state index in [1.807, 2.05) is 13.0 Å². The molecule has 0 aliphatic carbocycles. The zero-order valence-electron chi connectivity index (χ0n) is 9.79. The average Bonchev–Trinajstić information content (AvgIpc) is 2.73. The minimum absolute atomic E-state index is 0.00588. The lowest BCUT2D eigenvalue weighted by Crippen LogP contribution is -2.01. The standard InChI is InChI=1S/C11H11ClN2O3S/c1-8-5-6-14(13-8)10-4-3-9(18(12,15)16)7-11(10)17-2/h3-7H,1-2H3. The van der Waals surface area contributed by atoms with Crippen LogP contribution in [-0.2, 0) is 9.05 Å². The Bertz CT molecular complexity index is 679. The minimum atomic E-state index is -3.77. The molecule has 96 valence electrons. The van der Waals surface area contributed by atoms with E-state index in [9.17, 15) is 8.42 Å². The highest BCUT2D eigenvalue weighted by molar-refractivity contribution is 8.13. The molecule has 0 N–H and O–H groups in total. The Balaban J connectivity index is 2.57. The lowest BCUT2D eigenvalue weighted by atomic mass is 10.3. The van der Waals surface area contributed by atoms with Crippen molar-refractivity contribution in [1.82, 2.24) is 9.78 Å². The van der Waals surface area contributed by atoms with Gasteiger partial charge in [0.15, 0.2) is 0 Å². The molecule has 5 nitrogen and oxygen atoms in total. The second-order valence-corrected chi connectivity index (χ2v) is 6.24. The van der Waals surface area contributed by atoms with Gasteiger partial charge in [0.05, 0.1) is 17.7 Å². The van der Waals surface area contributed by atoms with Crippen molar-refractivity contribution >= 4 is 19.7 Å². The molecular formula is C11H11ClN2O3S. The molecule has 18 heavy (non-hydrogen) atoms. The van der Waals surface area contributed by atoms with Crippen LogP contribution < -0.4 is 4.74 Å². The van der Waals surface area contributed by atoms with Crippen molar-refractivity contribution < 1.29 is 13.2 Å². The van der Waals surface area contributed by atoms with Crippen LogP contribution in [0.1, 0.15) is 5.69 Å². The lowest BCUT2D eigenvalue weighted by molar-refractivity contribution is 0.410. The van der Waals surface area contributed by atoms with Gasteiger partial charge in [-0.3, -0.25) is 0 Å². The van der Waals surface area contributed by atoms with Crippen LogP contribution in [0.5, 0.6) is 5.75 Å². The van der Waals surface area contributed by atoms with E-state index < -0.39 is 9.05 Å². The molecule has 0 fully saturated rings. The number of rotatable bonds is 3. The zero-order chi connectivity index (χ0) is 13.3. The van der Waals surface area contributed by atoms with Crippen molar-refractivity contribution in [3.63, 3.8) is 0 Å². The SMILES string of the molecule is COc1cc(S(=O)(=O)Cl)ccc1-n1ccc(C)n1. The van der Waals surface area contributed by atoms with Gasteiger partial charge in [0, 0.05) is 22.9 Å². The van der Waals surface area contributed by atoms with E-state index in [2.05, 4.69) is 5.10 Å². The van der Waals surface area contributed by atoms with Crippen LogP contribution in [0.15, 0.2) is 35.4 Å². The maximum absolute atomic E-state index is 11.2. The molecule has 1 aromatic heterocycles. The highest BCUT2D eigenvalue weighted by Crippen LogP contribution is 2.27. The summed E-state index contributed by atoms with van der Waals surface area (Å²) in [4.78, 5) is -0.00588. The fourth-order valence-corrected chi connectivity index (χ4v) is 2.31. The summed E-state index contributed by atoms with van der Waals surface area (Å²) in [6.45, 7) is 1.86. The Labute approximate surface area is 109 Å². The summed E-state index contributed by atoms with van der Waals surface area (Å²) in [6.07, 6.45) is 1.77. The summed E-state index contributed by atoms with van der Waals surface area (Å²) in [7, 11) is 2.98. The molecule has 2 aromatic rings. The van der Waals surface area contributed by atoms with Crippen LogP contribution in [0.25, 0.3) is 5.69 Å². The minimum Gasteiger partial charge on any atom is -0.494 e. The smallest absolute Gasteiger partial charge is 0.261 e. The van der Waals surface area contributed by atoms with Crippen LogP contribution in [0.3, 0.4) is 0 Å². The highest BCUT2D eigenvalue weighted by Gasteiger charge is 2.14. The molecular weight excluding hydrogens is 276 g/mol. The topological polar surface area (TPSA) is 61.2 Å². The Hall–Kier alpha value is -1.53. The van der Waals surface area contributed by atoms with Gasteiger partial charge >= 0.3 is 0 Å². The third-order valence-corrected chi connectivity index (χ3v) is 3.75. The van der Waals surface area contributed by atoms with E-state index in [4.69, 9.17) is 15.4 Å². The van der Waals surface area contributed by atoms with Crippen LogP contribution in [-0.4, -0.2) is 25.3 Å². The van der Waals surface area contributed by atoms with Crippen molar-refractivity contribution in [3.8, 4) is 11.4 Å². The van der Waals surface area contributed by atoms with Crippen molar-refractivity contribution in [3.05, 3.63) is 36.2 Å². The van der Waals surface area contributed by atoms with E-state index in [0.717, 1.165) is 5.69 Å². The molecule has 0 aliphatic heterocycles. The fraction of sp³-hybridized carbons (Fsp3) is 0.182. The largest absolute Gasteiger partial charge is 0.494 e. The summed E-state index contributed by atoms with van der Waals surface area (Å²) in [6, 6.07) is 6.22. The van der Waals surface area contributed by atoms with E-state index >= 15 is 0 Å². The predicted octanol–water partition coefficient (Wildman–Crippen LogP) is 2.12. The molecule has 1 aromatic carbocycles. The molecule has 0 radical (unpaired) electrons. The van der Waals surface area contributed by atoms with E-state index in [1.165, 1.54) is 19.2 Å². The first kappa shape index (κ1) is 12.9. The second kappa shape index (κ2) is 4.62. The van der Waals surface area contributed by atoms with E-state index in [1.54, 1.807) is 16.9 Å². The summed E-state index contributed by atoms with van der Waals surface area (Å²) in [5.41, 5.74) is 1.50. The number of hydrogen-bond donors (Lipinski definition) is 0. The number of nitrogens with zero attached hydrogens (tertiary/aromatic N) is 2. The molecule has 0 bridgehead atoms. The number of ether oxygens (including phenoxy) is 1. The normalized spacial score (nSPS) is 11.5. The first-order valence-electron chi connectivity index (χ1n) is 5.07. The lowest BCUT2D eigenvalue weighted by Gasteiger charge is -2.09. The first-order chi connectivity index (χ1) is 8.41. The van der Waals surface area contributed by atoms with Crippen molar-refractivity contribution in [2.75, 3.05) is 7.11 Å². The van der Waals surface area contributed by atoms with Gasteiger partial charge < -0.3 is 4.74 Å². The summed E-state index contributed by atoms with van der Waals surface area (Å²) in [5, 5.41) is 4.24. The molecule has 2 rings (SSSR count). The van der Waals surface area contributed by atoms with Crippen LogP contribution in [0.4, 0.5) is 0 Å². The highest BCUT2D eigenvalue weighted by atomic mass is 35.7. The number of aromatic nitrogens is 2. The third-order valence-electron chi connectivity index (χ3n) is 2.40. The average molecular weight is 287 g/mol. The van der Waals surface area contributed by atoms with Crippen LogP contribution in [0.2, 0.25) is 0 Å². The van der Waals surface area contributed by atoms with Crippen molar-refractivity contribution in [2.24, 2.45) is 0 Å². The predicted molar refractivity (Wildman–Crippen MR) is 67.9 cm³/mol. The van der Waals surface area contributed by atoms with Gasteiger partial charge in [-0.05, 0) is 25.1 Å². The van der Waals surface area contributed by atoms with Crippen LogP contribution >= 0.6 is 10.7 Å². The summed E-state index contributed by atoms with van der Waals surface area (Å²) < 4.78 is 29.3. The van der Waals surface area contributed by atoms with Gasteiger partial charge in [0.25, 0.3) is 9.05 Å². The van der Waals surface area contributed by atoms with Crippen LogP contribution in [0, 0.1) is 6.92 Å². The fourth-order valence-electron chi connectivity index (χ4n) is 1.55. The molecule has 1 heterocycles. The second-order valence-electron chi connectivity index (χ2n) is 3.67. The van der Waals surface area contributed by atoms with Gasteiger partial charge in [0.2, 0.25) is 0 Å². The number of methoxy groups -OCH3 is 1. The molecule has 0 amide bonds. The first-order valence-corrected chi connectivity index (χ1v) is 7.38. The molecule has 0 spiro atoms. The van der Waals surface area contributed by atoms with E-state index in [0.29, 0.717) is 11.4 Å². The molecule has 0 atom stereocenters. The Morgan fingerprint density at radius 2 is 2.06 bits per heavy atom. The number of hydrogen-bond acceptors (Lipinski definition) is 4. The quantitative estimate of drug-likeness (QED) is 0.811. The number of halogens is 1. The van der Waals surface area contributed by atoms with Gasteiger partial charge in [0.1, 0.15) is 11.4 Å². The van der Waals surface area contributed by atoms with Crippen molar-refractivity contribution in [1.29, 1.82) is 0 Å². The summed E-state index contributed by atoms with van der Waals surface area (Å²) in [5.74, 6) is 0.389.